The highest BCUT2D eigenvalue weighted by Gasteiger charge is 2.75. The number of halogens is 1. The molecule has 0 radical (unpaired) electrons. The van der Waals surface area contributed by atoms with Gasteiger partial charge in [0.1, 0.15) is 6.04 Å². The van der Waals surface area contributed by atoms with E-state index >= 15 is 0 Å². The molecule has 3 unspecified atom stereocenters. The molecule has 42 heavy (non-hydrogen) atoms. The topological polar surface area (TPSA) is 98.7 Å². The van der Waals surface area contributed by atoms with Gasteiger partial charge in [0, 0.05) is 35.5 Å². The third kappa shape index (κ3) is 5.35. The van der Waals surface area contributed by atoms with Gasteiger partial charge in [-0.3, -0.25) is 14.4 Å². The lowest BCUT2D eigenvalue weighted by molar-refractivity contribution is -0.139. The number of benzene rings is 3. The van der Waals surface area contributed by atoms with Crippen molar-refractivity contribution in [2.75, 3.05) is 18.5 Å². The molecular formula is C33H36BrN3O4S. The molecule has 3 aromatic carbocycles. The fourth-order valence-corrected chi connectivity index (χ4v) is 10.7. The summed E-state index contributed by atoms with van der Waals surface area (Å²) in [6, 6.07) is 22.9. The van der Waals surface area contributed by atoms with Gasteiger partial charge in [-0.05, 0) is 47.7 Å². The van der Waals surface area contributed by atoms with Crippen molar-refractivity contribution in [3.63, 3.8) is 0 Å². The minimum atomic E-state index is -0.684. The first-order valence-corrected chi connectivity index (χ1v) is 16.6. The number of anilines is 1. The first-order chi connectivity index (χ1) is 20.4. The Labute approximate surface area is 258 Å². The molecule has 1 spiro atoms. The van der Waals surface area contributed by atoms with Crippen LogP contribution in [0.3, 0.4) is 0 Å². The van der Waals surface area contributed by atoms with Crippen LogP contribution in [0, 0.1) is 11.8 Å². The first kappa shape index (κ1) is 29.2. The Bertz CT molecular complexity index is 1470. The van der Waals surface area contributed by atoms with Crippen molar-refractivity contribution < 1.29 is 19.5 Å². The number of hydrogen-bond donors (Lipinski definition) is 3. The van der Waals surface area contributed by atoms with Crippen LogP contribution in [-0.4, -0.2) is 61.7 Å². The van der Waals surface area contributed by atoms with Crippen LogP contribution in [0.5, 0.6) is 0 Å². The molecule has 3 aromatic rings. The molecule has 0 aromatic heterocycles. The van der Waals surface area contributed by atoms with E-state index < -0.39 is 22.6 Å². The molecule has 220 valence electrons. The molecule has 0 saturated carbocycles. The zero-order valence-electron chi connectivity index (χ0n) is 23.4. The van der Waals surface area contributed by atoms with Crippen LogP contribution in [-0.2, 0) is 20.9 Å². The minimum Gasteiger partial charge on any atom is -0.396 e. The minimum absolute atomic E-state index is 0.0273. The first-order valence-electron chi connectivity index (χ1n) is 14.8. The van der Waals surface area contributed by atoms with Crippen molar-refractivity contribution >= 4 is 61.9 Å². The number of nitrogens with zero attached hydrogens (tertiary/aromatic N) is 1. The lowest BCUT2D eigenvalue weighted by atomic mass is 9.70. The Morgan fingerprint density at radius 3 is 2.48 bits per heavy atom. The van der Waals surface area contributed by atoms with E-state index in [1.807, 2.05) is 72.8 Å². The van der Waals surface area contributed by atoms with E-state index in [9.17, 15) is 19.5 Å². The Balaban J connectivity index is 1.28. The van der Waals surface area contributed by atoms with Crippen molar-refractivity contribution in [2.45, 2.75) is 59.5 Å². The number of alkyl halides is 1. The number of fused-ring (bicyclic) bond motifs is 2. The normalized spacial score (nSPS) is 27.8. The third-order valence-electron chi connectivity index (χ3n) is 8.97. The molecule has 2 bridgehead atoms. The number of carbonyl (C=O) groups excluding carboxylic acids is 3. The quantitative estimate of drug-likeness (QED) is 0.198. The zero-order valence-corrected chi connectivity index (χ0v) is 25.8. The van der Waals surface area contributed by atoms with E-state index in [1.54, 1.807) is 16.7 Å². The number of hydrogen-bond acceptors (Lipinski definition) is 5. The summed E-state index contributed by atoms with van der Waals surface area (Å²) in [4.78, 5) is 43.9. The van der Waals surface area contributed by atoms with Crippen LogP contribution < -0.4 is 10.6 Å². The van der Waals surface area contributed by atoms with Crippen LogP contribution in [0.25, 0.3) is 10.8 Å². The molecule has 3 fully saturated rings. The molecule has 9 heteroatoms. The number of aliphatic hydroxyl groups excluding tert-OH is 1. The molecular weight excluding hydrogens is 614 g/mol. The van der Waals surface area contributed by atoms with Crippen LogP contribution in [0.4, 0.5) is 5.69 Å². The van der Waals surface area contributed by atoms with Gasteiger partial charge in [-0.25, -0.2) is 0 Å². The highest BCUT2D eigenvalue weighted by atomic mass is 79.9. The second-order valence-corrected chi connectivity index (χ2v) is 14.3. The number of thioether (sulfide) groups is 1. The van der Waals surface area contributed by atoms with Gasteiger partial charge >= 0.3 is 0 Å². The lowest BCUT2D eigenvalue weighted by Crippen LogP contribution is -2.53. The van der Waals surface area contributed by atoms with Crippen molar-refractivity contribution in [3.8, 4) is 0 Å². The molecule has 3 amide bonds. The number of carbonyl (C=O) groups is 3. The van der Waals surface area contributed by atoms with Gasteiger partial charge < -0.3 is 20.6 Å². The molecule has 3 saturated heterocycles. The van der Waals surface area contributed by atoms with Crippen LogP contribution in [0.2, 0.25) is 0 Å². The number of unbranched alkanes of at least 4 members (excludes halogenated alkanes) is 3. The predicted molar refractivity (Wildman–Crippen MR) is 170 cm³/mol. The molecule has 0 aliphatic carbocycles. The summed E-state index contributed by atoms with van der Waals surface area (Å²) >= 11 is 5.49. The molecule has 3 heterocycles. The monoisotopic (exact) mass is 649 g/mol. The zero-order chi connectivity index (χ0) is 29.3. The van der Waals surface area contributed by atoms with Crippen molar-refractivity contribution in [3.05, 3.63) is 78.4 Å². The van der Waals surface area contributed by atoms with Crippen LogP contribution >= 0.6 is 27.7 Å². The molecule has 7 nitrogen and oxygen atoms in total. The van der Waals surface area contributed by atoms with Gasteiger partial charge in [-0.15, -0.1) is 11.8 Å². The van der Waals surface area contributed by atoms with Gasteiger partial charge in [0.2, 0.25) is 17.7 Å². The SMILES string of the molecule is O=C(Nc1ccc2ccccc2c1)C1N(CCCCCCO)C(=O)[C@@H]2[C@H](C(=O)NCc3ccccc3)[C@H]3SC12CC3Br. The van der Waals surface area contributed by atoms with E-state index in [4.69, 9.17) is 0 Å². The Hall–Kier alpha value is -2.88. The number of nitrogens with one attached hydrogen (secondary N) is 2. The lowest BCUT2D eigenvalue weighted by Gasteiger charge is -2.35. The maximum atomic E-state index is 14.2. The molecule has 6 rings (SSSR count). The van der Waals surface area contributed by atoms with Gasteiger partial charge in [0.15, 0.2) is 0 Å². The van der Waals surface area contributed by atoms with Crippen molar-refractivity contribution in [2.24, 2.45) is 11.8 Å². The van der Waals surface area contributed by atoms with Gasteiger partial charge in [0.25, 0.3) is 0 Å². The summed E-state index contributed by atoms with van der Waals surface area (Å²) in [5.74, 6) is -1.49. The third-order valence-corrected chi connectivity index (χ3v) is 12.2. The number of rotatable bonds is 11. The molecule has 3 aliphatic rings. The van der Waals surface area contributed by atoms with Gasteiger partial charge in [-0.2, -0.15) is 0 Å². The number of aliphatic hydroxyl groups is 1. The van der Waals surface area contributed by atoms with E-state index in [0.717, 1.165) is 42.0 Å². The Morgan fingerprint density at radius 2 is 1.69 bits per heavy atom. The Morgan fingerprint density at radius 1 is 0.952 bits per heavy atom. The number of likely N-dealkylation sites (tertiary alicyclic amines) is 1. The fraction of sp³-hybridized carbons (Fsp3) is 0.424. The molecule has 3 aliphatic heterocycles. The molecule has 6 atom stereocenters. The average molecular weight is 651 g/mol. The highest BCUT2D eigenvalue weighted by molar-refractivity contribution is 9.09. The summed E-state index contributed by atoms with van der Waals surface area (Å²) in [5, 5.41) is 17.4. The summed E-state index contributed by atoms with van der Waals surface area (Å²) in [6.07, 6.45) is 3.84. The molecule has 3 N–H and O–H groups in total. The standard InChI is InChI=1S/C33H36BrN3O4S/c34-25-19-33-27(26(28(25)42-33)30(39)35-20-21-10-4-3-5-11-21)32(41)37(16-8-1-2-9-17-38)29(33)31(40)36-24-15-14-22-12-6-7-13-23(22)18-24/h3-7,10-15,18,25-29,38H,1-2,8-9,16-17,19-20H2,(H,35,39)(H,36,40)/t25?,26-,27-,28-,29?,33?/m0/s1. The van der Waals surface area contributed by atoms with Crippen LogP contribution in [0.15, 0.2) is 72.8 Å². The van der Waals surface area contributed by atoms with Gasteiger partial charge in [0.05, 0.1) is 16.6 Å². The second-order valence-electron chi connectivity index (χ2n) is 11.6. The van der Waals surface area contributed by atoms with Crippen molar-refractivity contribution in [1.29, 1.82) is 0 Å². The summed E-state index contributed by atoms with van der Waals surface area (Å²) in [7, 11) is 0. The highest BCUT2D eigenvalue weighted by Crippen LogP contribution is 2.67. The largest absolute Gasteiger partial charge is 0.396 e. The second kappa shape index (κ2) is 12.4. The summed E-state index contributed by atoms with van der Waals surface area (Å²) in [6.45, 7) is 0.999. The van der Waals surface area contributed by atoms with E-state index in [0.29, 0.717) is 25.2 Å². The summed E-state index contributed by atoms with van der Waals surface area (Å²) in [5.41, 5.74) is 1.70. The van der Waals surface area contributed by atoms with Crippen molar-refractivity contribution in [1.82, 2.24) is 10.2 Å². The van der Waals surface area contributed by atoms with Gasteiger partial charge in [-0.1, -0.05) is 89.4 Å². The number of amides is 3. The smallest absolute Gasteiger partial charge is 0.248 e. The summed E-state index contributed by atoms with van der Waals surface area (Å²) < 4.78 is -0.684. The Kier molecular flexibility index (Phi) is 8.61. The van der Waals surface area contributed by atoms with E-state index in [2.05, 4.69) is 26.6 Å². The maximum absolute atomic E-state index is 14.2. The van der Waals surface area contributed by atoms with E-state index in [1.165, 1.54) is 0 Å². The predicted octanol–water partition coefficient (Wildman–Crippen LogP) is 5.11. The fourth-order valence-electron chi connectivity index (χ4n) is 7.10. The average Bonchev–Trinajstić information content (AvgIpc) is 3.59. The van der Waals surface area contributed by atoms with E-state index in [-0.39, 0.29) is 34.4 Å². The maximum Gasteiger partial charge on any atom is 0.248 e. The van der Waals surface area contributed by atoms with Crippen LogP contribution in [0.1, 0.15) is 37.7 Å².